The number of benzene rings is 2. The van der Waals surface area contributed by atoms with E-state index in [0.29, 0.717) is 11.3 Å². The average molecular weight is 376 g/mol. The lowest BCUT2D eigenvalue weighted by Crippen LogP contribution is -2.35. The number of hydrogen-bond donors (Lipinski definition) is 4. The number of primary sulfonamides is 1. The first-order chi connectivity index (χ1) is 12.2. The molecule has 0 bridgehead atoms. The van der Waals surface area contributed by atoms with Crippen molar-refractivity contribution in [2.75, 3.05) is 5.32 Å². The summed E-state index contributed by atoms with van der Waals surface area (Å²) in [5.74, 6) is -2.37. The number of sulfonamides is 1. The number of amides is 3. The Labute approximate surface area is 149 Å². The highest BCUT2D eigenvalue weighted by atomic mass is 32.2. The third-order valence-corrected chi connectivity index (χ3v) is 4.27. The van der Waals surface area contributed by atoms with Crippen molar-refractivity contribution in [3.63, 3.8) is 0 Å². The van der Waals surface area contributed by atoms with Gasteiger partial charge in [0.05, 0.1) is 4.90 Å². The molecule has 3 amide bonds. The Kier molecular flexibility index (Phi) is 5.70. The number of nitrogens with two attached hydrogens (primary N) is 2. The summed E-state index contributed by atoms with van der Waals surface area (Å²) in [6.07, 6.45) is 0. The Morgan fingerprint density at radius 2 is 1.46 bits per heavy atom. The number of anilines is 1. The van der Waals surface area contributed by atoms with Crippen molar-refractivity contribution >= 4 is 33.4 Å². The minimum absolute atomic E-state index is 0.0256. The van der Waals surface area contributed by atoms with E-state index in [0.717, 1.165) is 0 Å². The van der Waals surface area contributed by atoms with Crippen LogP contribution in [0.25, 0.3) is 0 Å². The largest absolute Gasteiger partial charge is 0.366 e. The van der Waals surface area contributed by atoms with Crippen LogP contribution >= 0.6 is 0 Å². The molecule has 0 atom stereocenters. The van der Waals surface area contributed by atoms with Crippen molar-refractivity contribution in [3.8, 4) is 0 Å². The lowest BCUT2D eigenvalue weighted by Gasteiger charge is -2.07. The predicted molar refractivity (Wildman–Crippen MR) is 93.3 cm³/mol. The van der Waals surface area contributed by atoms with Crippen LogP contribution in [0.4, 0.5) is 5.69 Å². The van der Waals surface area contributed by atoms with Crippen molar-refractivity contribution in [2.24, 2.45) is 10.9 Å². The second-order valence-electron chi connectivity index (χ2n) is 5.27. The van der Waals surface area contributed by atoms with Gasteiger partial charge in [-0.3, -0.25) is 14.4 Å². The van der Waals surface area contributed by atoms with E-state index in [9.17, 15) is 22.8 Å². The first-order valence-electron chi connectivity index (χ1n) is 7.27. The predicted octanol–water partition coefficient (Wildman–Crippen LogP) is -0.312. The SMILES string of the molecule is NC(=O)c1ccc(NC(=O)C(=O)NCc2ccc(S(N)(=O)=O)cc2)cc1. The van der Waals surface area contributed by atoms with E-state index in [2.05, 4.69) is 10.6 Å². The van der Waals surface area contributed by atoms with E-state index in [1.165, 1.54) is 48.5 Å². The fourth-order valence-corrected chi connectivity index (χ4v) is 2.48. The molecule has 10 heteroatoms. The summed E-state index contributed by atoms with van der Waals surface area (Å²) >= 11 is 0. The van der Waals surface area contributed by atoms with Gasteiger partial charge in [0.15, 0.2) is 0 Å². The summed E-state index contributed by atoms with van der Waals surface area (Å²) in [6.45, 7) is 0.0256. The molecule has 0 unspecified atom stereocenters. The van der Waals surface area contributed by atoms with Crippen LogP contribution in [-0.4, -0.2) is 26.1 Å². The van der Waals surface area contributed by atoms with Crippen LogP contribution < -0.4 is 21.5 Å². The molecule has 0 aliphatic heterocycles. The highest BCUT2D eigenvalue weighted by molar-refractivity contribution is 7.89. The van der Waals surface area contributed by atoms with Crippen LogP contribution in [0, 0.1) is 0 Å². The maximum absolute atomic E-state index is 11.8. The first-order valence-corrected chi connectivity index (χ1v) is 8.82. The number of hydrogen-bond acceptors (Lipinski definition) is 5. The summed E-state index contributed by atoms with van der Waals surface area (Å²) in [5.41, 5.74) is 6.30. The Balaban J connectivity index is 1.90. The number of carbonyl (C=O) groups is 3. The third kappa shape index (κ3) is 5.13. The van der Waals surface area contributed by atoms with E-state index in [1.807, 2.05) is 0 Å². The normalized spacial score (nSPS) is 10.8. The van der Waals surface area contributed by atoms with Gasteiger partial charge in [0.25, 0.3) is 0 Å². The van der Waals surface area contributed by atoms with Crippen molar-refractivity contribution in [1.82, 2.24) is 5.32 Å². The van der Waals surface area contributed by atoms with Crippen molar-refractivity contribution in [2.45, 2.75) is 11.4 Å². The highest BCUT2D eigenvalue weighted by Gasteiger charge is 2.14. The van der Waals surface area contributed by atoms with Gasteiger partial charge < -0.3 is 16.4 Å². The zero-order valence-corrected chi connectivity index (χ0v) is 14.2. The Bertz CT molecular complexity index is 938. The molecule has 26 heavy (non-hydrogen) atoms. The van der Waals surface area contributed by atoms with E-state index < -0.39 is 27.7 Å². The fourth-order valence-electron chi connectivity index (χ4n) is 1.97. The molecule has 2 rings (SSSR count). The molecule has 0 aromatic heterocycles. The van der Waals surface area contributed by atoms with E-state index in [1.54, 1.807) is 0 Å². The maximum Gasteiger partial charge on any atom is 0.313 e. The molecular formula is C16H16N4O5S. The Morgan fingerprint density at radius 1 is 0.885 bits per heavy atom. The molecule has 0 aliphatic rings. The average Bonchev–Trinajstić information content (AvgIpc) is 2.59. The molecule has 136 valence electrons. The van der Waals surface area contributed by atoms with Gasteiger partial charge in [-0.05, 0) is 42.0 Å². The minimum atomic E-state index is -3.79. The smallest absolute Gasteiger partial charge is 0.313 e. The standard InChI is InChI=1S/C16H16N4O5S/c17-14(21)11-3-5-12(6-4-11)20-16(23)15(22)19-9-10-1-7-13(8-2-10)26(18,24)25/h1-8H,9H2,(H2,17,21)(H,19,22)(H,20,23)(H2,18,24,25). The van der Waals surface area contributed by atoms with Crippen LogP contribution in [0.2, 0.25) is 0 Å². The number of nitrogens with one attached hydrogen (secondary N) is 2. The first kappa shape index (κ1) is 19.1. The van der Waals surface area contributed by atoms with Crippen LogP contribution in [0.15, 0.2) is 53.4 Å². The molecule has 9 nitrogen and oxygen atoms in total. The molecule has 0 fully saturated rings. The maximum atomic E-state index is 11.8. The zero-order valence-electron chi connectivity index (χ0n) is 13.4. The molecule has 0 heterocycles. The molecule has 0 aliphatic carbocycles. The van der Waals surface area contributed by atoms with Crippen LogP contribution in [0.1, 0.15) is 15.9 Å². The van der Waals surface area contributed by atoms with Gasteiger partial charge in [0.1, 0.15) is 0 Å². The van der Waals surface area contributed by atoms with Gasteiger partial charge in [-0.25, -0.2) is 13.6 Å². The van der Waals surface area contributed by atoms with E-state index in [4.69, 9.17) is 10.9 Å². The lowest BCUT2D eigenvalue weighted by molar-refractivity contribution is -0.136. The zero-order chi connectivity index (χ0) is 19.3. The van der Waals surface area contributed by atoms with Gasteiger partial charge in [-0.1, -0.05) is 12.1 Å². The van der Waals surface area contributed by atoms with E-state index >= 15 is 0 Å². The number of rotatable bonds is 5. The van der Waals surface area contributed by atoms with Crippen molar-refractivity contribution in [3.05, 3.63) is 59.7 Å². The Hall–Kier alpha value is -3.24. The molecular weight excluding hydrogens is 360 g/mol. The van der Waals surface area contributed by atoms with Gasteiger partial charge >= 0.3 is 11.8 Å². The highest BCUT2D eigenvalue weighted by Crippen LogP contribution is 2.10. The fraction of sp³-hybridized carbons (Fsp3) is 0.0625. The van der Waals surface area contributed by atoms with E-state index in [-0.39, 0.29) is 17.0 Å². The topological polar surface area (TPSA) is 161 Å². The summed E-state index contributed by atoms with van der Waals surface area (Å²) < 4.78 is 22.3. The molecule has 0 saturated carbocycles. The van der Waals surface area contributed by atoms with Crippen LogP contribution in [0.3, 0.4) is 0 Å². The monoisotopic (exact) mass is 376 g/mol. The van der Waals surface area contributed by atoms with Gasteiger partial charge in [0.2, 0.25) is 15.9 Å². The van der Waals surface area contributed by atoms with Crippen molar-refractivity contribution < 1.29 is 22.8 Å². The third-order valence-electron chi connectivity index (χ3n) is 3.34. The minimum Gasteiger partial charge on any atom is -0.366 e. The van der Waals surface area contributed by atoms with Gasteiger partial charge in [-0.2, -0.15) is 0 Å². The summed E-state index contributed by atoms with van der Waals surface area (Å²) in [4.78, 5) is 34.6. The molecule has 2 aromatic rings. The number of carbonyl (C=O) groups excluding carboxylic acids is 3. The summed E-state index contributed by atoms with van der Waals surface area (Å²) in [5, 5.41) is 9.77. The molecule has 0 saturated heterocycles. The number of primary amides is 1. The molecule has 0 spiro atoms. The lowest BCUT2D eigenvalue weighted by atomic mass is 10.2. The second-order valence-corrected chi connectivity index (χ2v) is 6.83. The van der Waals surface area contributed by atoms with Crippen LogP contribution in [-0.2, 0) is 26.2 Å². The second kappa shape index (κ2) is 7.76. The summed E-state index contributed by atoms with van der Waals surface area (Å²) in [7, 11) is -3.79. The molecule has 0 radical (unpaired) electrons. The Morgan fingerprint density at radius 3 is 1.96 bits per heavy atom. The van der Waals surface area contributed by atoms with Crippen LogP contribution in [0.5, 0.6) is 0 Å². The molecule has 6 N–H and O–H groups in total. The summed E-state index contributed by atoms with van der Waals surface area (Å²) in [6, 6.07) is 11.3. The van der Waals surface area contributed by atoms with Gasteiger partial charge in [0, 0.05) is 17.8 Å². The van der Waals surface area contributed by atoms with Crippen molar-refractivity contribution in [1.29, 1.82) is 0 Å². The van der Waals surface area contributed by atoms with Gasteiger partial charge in [-0.15, -0.1) is 0 Å². The molecule has 2 aromatic carbocycles. The quantitative estimate of drug-likeness (QED) is 0.525.